The quantitative estimate of drug-likeness (QED) is 0.219. The normalized spacial score (nSPS) is 11.7. The molecule has 9 aromatic rings. The molecule has 5 nitrogen and oxygen atoms in total. The highest BCUT2D eigenvalue weighted by atomic mass is 16.3. The average molecular weight is 551 g/mol. The van der Waals surface area contributed by atoms with Crippen LogP contribution in [0.5, 0.6) is 0 Å². The van der Waals surface area contributed by atoms with Crippen molar-refractivity contribution in [3.63, 3.8) is 0 Å². The second-order valence-corrected chi connectivity index (χ2v) is 10.8. The van der Waals surface area contributed by atoms with Crippen LogP contribution < -0.4 is 0 Å². The van der Waals surface area contributed by atoms with Crippen LogP contribution in [-0.2, 0) is 0 Å². The number of benzene rings is 6. The van der Waals surface area contributed by atoms with Gasteiger partial charge in [-0.05, 0) is 57.9 Å². The van der Waals surface area contributed by atoms with Crippen LogP contribution in [0.3, 0.4) is 0 Å². The fraction of sp³-hybridized carbons (Fsp3) is 0. The maximum Gasteiger partial charge on any atom is 0.164 e. The van der Waals surface area contributed by atoms with E-state index in [4.69, 9.17) is 19.4 Å². The van der Waals surface area contributed by atoms with Gasteiger partial charge >= 0.3 is 0 Å². The molecule has 0 radical (unpaired) electrons. The van der Waals surface area contributed by atoms with Crippen LogP contribution in [-0.4, -0.2) is 19.9 Å². The summed E-state index contributed by atoms with van der Waals surface area (Å²) in [6.45, 7) is 0. The fourth-order valence-corrected chi connectivity index (χ4v) is 5.90. The van der Waals surface area contributed by atoms with Crippen molar-refractivity contribution in [3.8, 4) is 34.2 Å². The van der Waals surface area contributed by atoms with Crippen LogP contribution >= 0.6 is 0 Å². The fourth-order valence-electron chi connectivity index (χ4n) is 5.90. The summed E-state index contributed by atoms with van der Waals surface area (Å²) in [6.07, 6.45) is 1.80. The molecule has 0 aliphatic rings. The Morgan fingerprint density at radius 1 is 0.395 bits per heavy atom. The molecule has 200 valence electrons. The second-order valence-electron chi connectivity index (χ2n) is 10.8. The Hall–Kier alpha value is -5.94. The van der Waals surface area contributed by atoms with Gasteiger partial charge in [0, 0.05) is 45.1 Å². The van der Waals surface area contributed by atoms with Crippen molar-refractivity contribution in [2.45, 2.75) is 0 Å². The lowest BCUT2D eigenvalue weighted by atomic mass is 10.1. The van der Waals surface area contributed by atoms with Crippen LogP contribution in [0.4, 0.5) is 0 Å². The maximum absolute atomic E-state index is 6.34. The average Bonchev–Trinajstić information content (AvgIpc) is 3.43. The van der Waals surface area contributed by atoms with E-state index in [-0.39, 0.29) is 0 Å². The SMILES string of the molecule is c1ccc2cc(-c3nc(-c4ccc5ccccc5c4)nc(-c4ccc5c(c4)oc4cc6ncccc6cc45)n3)ccc2c1. The van der Waals surface area contributed by atoms with E-state index in [2.05, 4.69) is 89.9 Å². The topological polar surface area (TPSA) is 64.7 Å². The van der Waals surface area contributed by atoms with E-state index < -0.39 is 0 Å². The van der Waals surface area contributed by atoms with Gasteiger partial charge in [0.05, 0.1) is 5.52 Å². The third-order valence-electron chi connectivity index (χ3n) is 8.10. The van der Waals surface area contributed by atoms with Crippen LogP contribution in [0.2, 0.25) is 0 Å². The van der Waals surface area contributed by atoms with Crippen molar-refractivity contribution in [3.05, 3.63) is 134 Å². The molecule has 0 atom stereocenters. The molecule has 3 heterocycles. The van der Waals surface area contributed by atoms with Crippen molar-refractivity contribution in [2.75, 3.05) is 0 Å². The van der Waals surface area contributed by atoms with Crippen molar-refractivity contribution >= 4 is 54.4 Å². The van der Waals surface area contributed by atoms with Gasteiger partial charge in [0.1, 0.15) is 11.2 Å². The lowest BCUT2D eigenvalue weighted by molar-refractivity contribution is 0.669. The van der Waals surface area contributed by atoms with Gasteiger partial charge in [0.15, 0.2) is 17.5 Å². The highest BCUT2D eigenvalue weighted by Gasteiger charge is 2.16. The second kappa shape index (κ2) is 9.29. The molecule has 0 saturated carbocycles. The van der Waals surface area contributed by atoms with Gasteiger partial charge in [0.25, 0.3) is 0 Å². The summed E-state index contributed by atoms with van der Waals surface area (Å²) < 4.78 is 6.34. The molecule has 0 fully saturated rings. The molecule has 0 aliphatic heterocycles. The Morgan fingerprint density at radius 2 is 0.930 bits per heavy atom. The van der Waals surface area contributed by atoms with Gasteiger partial charge in [-0.1, -0.05) is 84.9 Å². The maximum atomic E-state index is 6.34. The van der Waals surface area contributed by atoms with Crippen LogP contribution in [0.25, 0.3) is 88.5 Å². The Bertz CT molecular complexity index is 2430. The zero-order valence-electron chi connectivity index (χ0n) is 22.9. The third kappa shape index (κ3) is 4.02. The van der Waals surface area contributed by atoms with Crippen LogP contribution in [0.1, 0.15) is 0 Å². The Balaban J connectivity index is 1.24. The van der Waals surface area contributed by atoms with E-state index in [1.807, 2.05) is 42.5 Å². The van der Waals surface area contributed by atoms with Crippen LogP contribution in [0, 0.1) is 0 Å². The molecule has 43 heavy (non-hydrogen) atoms. The number of hydrogen-bond donors (Lipinski definition) is 0. The summed E-state index contributed by atoms with van der Waals surface area (Å²) in [4.78, 5) is 19.5. The predicted octanol–water partition coefficient (Wildman–Crippen LogP) is 9.63. The molecular weight excluding hydrogens is 528 g/mol. The summed E-state index contributed by atoms with van der Waals surface area (Å²) in [5.41, 5.74) is 5.24. The number of rotatable bonds is 3. The number of pyridine rings is 1. The third-order valence-corrected chi connectivity index (χ3v) is 8.10. The standard InChI is InChI=1S/C38H22N4O/c1-3-8-25-18-28(13-11-23(25)6-1)36-40-37(29-14-12-24-7-2-4-9-26(24)19-29)42-38(41-36)30-15-16-31-32-20-27-10-5-17-39-33(27)22-35(32)43-34(31)21-30/h1-22H. The number of hydrogen-bond acceptors (Lipinski definition) is 5. The molecule has 0 saturated heterocycles. The van der Waals surface area contributed by atoms with Gasteiger partial charge in [-0.15, -0.1) is 0 Å². The summed E-state index contributed by atoms with van der Waals surface area (Å²) >= 11 is 0. The van der Waals surface area contributed by atoms with E-state index in [0.29, 0.717) is 17.5 Å². The molecule has 0 spiro atoms. The van der Waals surface area contributed by atoms with E-state index in [1.54, 1.807) is 6.20 Å². The van der Waals surface area contributed by atoms with Crippen molar-refractivity contribution in [1.29, 1.82) is 0 Å². The molecular formula is C38H22N4O. The molecule has 0 amide bonds. The van der Waals surface area contributed by atoms with Gasteiger partial charge in [-0.2, -0.15) is 0 Å². The number of aromatic nitrogens is 4. The van der Waals surface area contributed by atoms with E-state index in [0.717, 1.165) is 60.3 Å². The van der Waals surface area contributed by atoms with Crippen molar-refractivity contribution in [2.24, 2.45) is 0 Å². The minimum Gasteiger partial charge on any atom is -0.456 e. The van der Waals surface area contributed by atoms with Gasteiger partial charge in [-0.25, -0.2) is 15.0 Å². The highest BCUT2D eigenvalue weighted by molar-refractivity contribution is 6.10. The zero-order chi connectivity index (χ0) is 28.3. The minimum atomic E-state index is 0.593. The monoisotopic (exact) mass is 550 g/mol. The molecule has 0 bridgehead atoms. The van der Waals surface area contributed by atoms with E-state index in [1.165, 1.54) is 10.8 Å². The predicted molar refractivity (Wildman–Crippen MR) is 174 cm³/mol. The lowest BCUT2D eigenvalue weighted by Gasteiger charge is -2.10. The molecule has 3 aromatic heterocycles. The molecule has 0 N–H and O–H groups in total. The Morgan fingerprint density at radius 3 is 1.58 bits per heavy atom. The summed E-state index contributed by atoms with van der Waals surface area (Å²) in [5.74, 6) is 1.84. The first-order chi connectivity index (χ1) is 21.2. The Labute approximate surface area is 246 Å². The summed E-state index contributed by atoms with van der Waals surface area (Å²) in [5, 5.41) is 7.82. The number of fused-ring (bicyclic) bond motifs is 6. The molecule has 9 rings (SSSR count). The first-order valence-electron chi connectivity index (χ1n) is 14.2. The highest BCUT2D eigenvalue weighted by Crippen LogP contribution is 2.35. The van der Waals surface area contributed by atoms with Crippen LogP contribution in [0.15, 0.2) is 138 Å². The molecule has 6 aromatic carbocycles. The van der Waals surface area contributed by atoms with Crippen molar-refractivity contribution < 1.29 is 4.42 Å². The van der Waals surface area contributed by atoms with Gasteiger partial charge in [-0.3, -0.25) is 4.98 Å². The number of furan rings is 1. The minimum absolute atomic E-state index is 0.593. The Kier molecular flexibility index (Phi) is 5.13. The first kappa shape index (κ1) is 23.7. The lowest BCUT2D eigenvalue weighted by Crippen LogP contribution is -2.00. The first-order valence-corrected chi connectivity index (χ1v) is 14.2. The largest absolute Gasteiger partial charge is 0.456 e. The van der Waals surface area contributed by atoms with E-state index >= 15 is 0 Å². The van der Waals surface area contributed by atoms with Gasteiger partial charge in [0.2, 0.25) is 0 Å². The molecule has 5 heteroatoms. The smallest absolute Gasteiger partial charge is 0.164 e. The summed E-state index contributed by atoms with van der Waals surface area (Å²) in [6, 6.07) is 43.6. The van der Waals surface area contributed by atoms with Gasteiger partial charge < -0.3 is 4.42 Å². The van der Waals surface area contributed by atoms with Crippen molar-refractivity contribution in [1.82, 2.24) is 19.9 Å². The molecule has 0 unspecified atom stereocenters. The van der Waals surface area contributed by atoms with E-state index in [9.17, 15) is 0 Å². The summed E-state index contributed by atoms with van der Waals surface area (Å²) in [7, 11) is 0. The number of nitrogens with zero attached hydrogens (tertiary/aromatic N) is 4. The zero-order valence-corrected chi connectivity index (χ0v) is 22.9. The molecule has 0 aliphatic carbocycles.